The monoisotopic (exact) mass is 252 g/mol. The van der Waals surface area contributed by atoms with Gasteiger partial charge in [0.05, 0.1) is 13.2 Å². The second-order valence-corrected chi connectivity index (χ2v) is 4.30. The number of ether oxygens (including phenoxy) is 1. The fraction of sp³-hybridized carbons (Fsp3) is 0.667. The Bertz CT molecular complexity index is 358. The zero-order valence-electron chi connectivity index (χ0n) is 10.8. The van der Waals surface area contributed by atoms with Crippen LogP contribution in [0.15, 0.2) is 18.5 Å². The summed E-state index contributed by atoms with van der Waals surface area (Å²) in [5.41, 5.74) is 0. The summed E-state index contributed by atoms with van der Waals surface area (Å²) < 4.78 is 6.92. The van der Waals surface area contributed by atoms with E-state index in [1.807, 2.05) is 23.9 Å². The molecule has 6 heteroatoms. The van der Waals surface area contributed by atoms with Crippen molar-refractivity contribution in [2.75, 3.05) is 39.3 Å². The molecular formula is C12H20N4O2. The van der Waals surface area contributed by atoms with E-state index in [-0.39, 0.29) is 6.09 Å². The summed E-state index contributed by atoms with van der Waals surface area (Å²) in [6, 6.07) is 1.93. The summed E-state index contributed by atoms with van der Waals surface area (Å²) in [6.45, 7) is 7.44. The zero-order chi connectivity index (χ0) is 12.8. The summed E-state index contributed by atoms with van der Waals surface area (Å²) in [5, 5.41) is 4.17. The van der Waals surface area contributed by atoms with Crippen LogP contribution in [0.4, 0.5) is 4.79 Å². The molecule has 1 amide bonds. The summed E-state index contributed by atoms with van der Waals surface area (Å²) in [4.78, 5) is 15.6. The maximum atomic E-state index is 11.5. The lowest BCUT2D eigenvalue weighted by atomic mass is 10.3. The highest BCUT2D eigenvalue weighted by atomic mass is 16.6. The molecule has 18 heavy (non-hydrogen) atoms. The highest BCUT2D eigenvalue weighted by Crippen LogP contribution is 2.04. The summed E-state index contributed by atoms with van der Waals surface area (Å²) in [5.74, 6) is 0. The number of hydrogen-bond donors (Lipinski definition) is 0. The van der Waals surface area contributed by atoms with E-state index in [1.165, 1.54) is 0 Å². The van der Waals surface area contributed by atoms with Crippen LogP contribution in [0.25, 0.3) is 0 Å². The summed E-state index contributed by atoms with van der Waals surface area (Å²) >= 11 is 0. The minimum Gasteiger partial charge on any atom is -0.450 e. The molecule has 2 heterocycles. The van der Waals surface area contributed by atoms with Crippen LogP contribution < -0.4 is 0 Å². The minimum absolute atomic E-state index is 0.191. The molecule has 1 aliphatic rings. The second-order valence-electron chi connectivity index (χ2n) is 4.30. The molecule has 0 bridgehead atoms. The van der Waals surface area contributed by atoms with Crippen molar-refractivity contribution in [3.8, 4) is 0 Å². The highest BCUT2D eigenvalue weighted by molar-refractivity contribution is 5.67. The van der Waals surface area contributed by atoms with E-state index in [2.05, 4.69) is 10.00 Å². The smallest absolute Gasteiger partial charge is 0.409 e. The zero-order valence-corrected chi connectivity index (χ0v) is 10.8. The Labute approximate surface area is 107 Å². The van der Waals surface area contributed by atoms with Gasteiger partial charge in [-0.25, -0.2) is 4.79 Å². The number of hydrogen-bond acceptors (Lipinski definition) is 4. The fourth-order valence-corrected chi connectivity index (χ4v) is 2.05. The molecule has 100 valence electrons. The lowest BCUT2D eigenvalue weighted by Crippen LogP contribution is -2.49. The Morgan fingerprint density at radius 3 is 2.67 bits per heavy atom. The predicted octanol–water partition coefficient (Wildman–Crippen LogP) is 0.657. The van der Waals surface area contributed by atoms with Crippen LogP contribution >= 0.6 is 0 Å². The topological polar surface area (TPSA) is 50.6 Å². The van der Waals surface area contributed by atoms with Crippen molar-refractivity contribution in [1.82, 2.24) is 19.6 Å². The van der Waals surface area contributed by atoms with Crippen molar-refractivity contribution >= 4 is 6.09 Å². The van der Waals surface area contributed by atoms with Crippen molar-refractivity contribution in [1.29, 1.82) is 0 Å². The molecule has 0 atom stereocenters. The van der Waals surface area contributed by atoms with Gasteiger partial charge in [0.1, 0.15) is 0 Å². The number of aromatic nitrogens is 2. The minimum atomic E-state index is -0.191. The first-order chi connectivity index (χ1) is 8.79. The number of carbonyl (C=O) groups excluding carboxylic acids is 1. The third-order valence-corrected chi connectivity index (χ3v) is 3.10. The molecule has 0 N–H and O–H groups in total. The Kier molecular flexibility index (Phi) is 4.58. The van der Waals surface area contributed by atoms with Gasteiger partial charge in [-0.3, -0.25) is 9.58 Å². The van der Waals surface area contributed by atoms with E-state index < -0.39 is 0 Å². The van der Waals surface area contributed by atoms with Crippen molar-refractivity contribution in [2.45, 2.75) is 13.5 Å². The highest BCUT2D eigenvalue weighted by Gasteiger charge is 2.21. The van der Waals surface area contributed by atoms with E-state index >= 15 is 0 Å². The van der Waals surface area contributed by atoms with E-state index in [4.69, 9.17) is 4.74 Å². The van der Waals surface area contributed by atoms with Crippen molar-refractivity contribution in [3.63, 3.8) is 0 Å². The third kappa shape index (κ3) is 3.46. The van der Waals surface area contributed by atoms with Crippen molar-refractivity contribution in [3.05, 3.63) is 18.5 Å². The van der Waals surface area contributed by atoms with Crippen molar-refractivity contribution in [2.24, 2.45) is 0 Å². The summed E-state index contributed by atoms with van der Waals surface area (Å²) in [6.07, 6.45) is 3.57. The first kappa shape index (κ1) is 12.9. The molecule has 0 radical (unpaired) electrons. The molecule has 0 spiro atoms. The number of nitrogens with zero attached hydrogens (tertiary/aromatic N) is 4. The van der Waals surface area contributed by atoms with Crippen LogP contribution in [0, 0.1) is 0 Å². The molecule has 0 aromatic carbocycles. The lowest BCUT2D eigenvalue weighted by Gasteiger charge is -2.33. The van der Waals surface area contributed by atoms with Gasteiger partial charge in [-0.05, 0) is 13.0 Å². The van der Waals surface area contributed by atoms with Crippen LogP contribution in [0.3, 0.4) is 0 Å². The number of piperazine rings is 1. The average Bonchev–Trinajstić information content (AvgIpc) is 2.90. The predicted molar refractivity (Wildman–Crippen MR) is 67.3 cm³/mol. The molecule has 2 rings (SSSR count). The van der Waals surface area contributed by atoms with Gasteiger partial charge in [0.15, 0.2) is 0 Å². The molecule has 1 aromatic heterocycles. The van der Waals surface area contributed by atoms with Gasteiger partial charge in [-0.15, -0.1) is 0 Å². The molecule has 1 fully saturated rings. The van der Waals surface area contributed by atoms with Gasteiger partial charge in [-0.1, -0.05) is 0 Å². The van der Waals surface area contributed by atoms with Crippen molar-refractivity contribution < 1.29 is 9.53 Å². The van der Waals surface area contributed by atoms with E-state index in [0.717, 1.165) is 39.3 Å². The Morgan fingerprint density at radius 2 is 2.06 bits per heavy atom. The van der Waals surface area contributed by atoms with Crippen LogP contribution in [0.2, 0.25) is 0 Å². The summed E-state index contributed by atoms with van der Waals surface area (Å²) in [7, 11) is 0. The second kappa shape index (κ2) is 6.39. The van der Waals surface area contributed by atoms with Crippen LogP contribution in [-0.2, 0) is 11.3 Å². The van der Waals surface area contributed by atoms with Crippen LogP contribution in [0.5, 0.6) is 0 Å². The first-order valence-electron chi connectivity index (χ1n) is 6.41. The number of rotatable bonds is 4. The maximum absolute atomic E-state index is 11.5. The molecule has 0 saturated carbocycles. The maximum Gasteiger partial charge on any atom is 0.409 e. The lowest BCUT2D eigenvalue weighted by molar-refractivity contribution is 0.0785. The van der Waals surface area contributed by atoms with Crippen LogP contribution in [-0.4, -0.2) is 65.0 Å². The third-order valence-electron chi connectivity index (χ3n) is 3.10. The standard InChI is InChI=1S/C12H20N4O2/c1-2-18-12(17)15-9-6-14(7-10-15)8-11-16-5-3-4-13-16/h3-5H,2,6-11H2,1H3. The molecule has 6 nitrogen and oxygen atoms in total. The Hall–Kier alpha value is -1.56. The van der Waals surface area contributed by atoms with Gasteiger partial charge in [0.2, 0.25) is 0 Å². The van der Waals surface area contributed by atoms with E-state index in [0.29, 0.717) is 6.61 Å². The molecule has 1 aromatic rings. The Morgan fingerprint density at radius 1 is 1.28 bits per heavy atom. The average molecular weight is 252 g/mol. The SMILES string of the molecule is CCOC(=O)N1CCN(CCn2cccn2)CC1. The molecule has 0 aliphatic carbocycles. The van der Waals surface area contributed by atoms with Gasteiger partial charge in [-0.2, -0.15) is 5.10 Å². The first-order valence-corrected chi connectivity index (χ1v) is 6.41. The largest absolute Gasteiger partial charge is 0.450 e. The molecule has 0 unspecified atom stereocenters. The fourth-order valence-electron chi connectivity index (χ4n) is 2.05. The van der Waals surface area contributed by atoms with E-state index in [9.17, 15) is 4.79 Å². The number of amides is 1. The molecule has 1 aliphatic heterocycles. The Balaban J connectivity index is 1.68. The number of carbonyl (C=O) groups is 1. The van der Waals surface area contributed by atoms with Gasteiger partial charge in [0, 0.05) is 45.1 Å². The van der Waals surface area contributed by atoms with E-state index in [1.54, 1.807) is 11.1 Å². The van der Waals surface area contributed by atoms with Gasteiger partial charge in [0.25, 0.3) is 0 Å². The van der Waals surface area contributed by atoms with Crippen LogP contribution in [0.1, 0.15) is 6.92 Å². The van der Waals surface area contributed by atoms with Gasteiger partial charge < -0.3 is 9.64 Å². The van der Waals surface area contributed by atoms with Gasteiger partial charge >= 0.3 is 6.09 Å². The normalized spacial score (nSPS) is 16.8. The quantitative estimate of drug-likeness (QED) is 0.790. The molecule has 1 saturated heterocycles. The molecular weight excluding hydrogens is 232 g/mol.